The normalized spacial score (nSPS) is 39.3. The van der Waals surface area contributed by atoms with Crippen molar-refractivity contribution < 1.29 is 14.6 Å². The molecule has 3 rings (SSSR count). The van der Waals surface area contributed by atoms with Crippen LogP contribution in [0, 0.1) is 5.41 Å². The zero-order valence-corrected chi connectivity index (χ0v) is 12.5. The fourth-order valence-electron chi connectivity index (χ4n) is 3.25. The molecule has 3 unspecified atom stereocenters. The fraction of sp³-hybridized carbons (Fsp3) is 1.00. The smallest absolute Gasteiger partial charge is 0.0933 e. The van der Waals surface area contributed by atoms with Gasteiger partial charge in [-0.1, -0.05) is 0 Å². The maximum Gasteiger partial charge on any atom is 0.0933 e. The minimum atomic E-state index is -0.0260. The highest BCUT2D eigenvalue weighted by Crippen LogP contribution is 2.32. The minimum Gasteiger partial charge on any atom is -0.394 e. The maximum atomic E-state index is 9.32. The highest BCUT2D eigenvalue weighted by molar-refractivity contribution is 4.93. The van der Waals surface area contributed by atoms with E-state index in [9.17, 15) is 5.11 Å². The predicted molar refractivity (Wildman–Crippen MR) is 76.8 cm³/mol. The Balaban J connectivity index is 1.59. The maximum absolute atomic E-state index is 9.32. The number of nitrogens with zero attached hydrogens (tertiary/aromatic N) is 1. The molecular formula is C15H28N2O3. The van der Waals surface area contributed by atoms with E-state index < -0.39 is 0 Å². The van der Waals surface area contributed by atoms with Gasteiger partial charge in [-0.2, -0.15) is 0 Å². The molecule has 116 valence electrons. The molecule has 3 aliphatic rings. The quantitative estimate of drug-likeness (QED) is 0.731. The van der Waals surface area contributed by atoms with Crippen molar-refractivity contribution >= 4 is 0 Å². The second kappa shape index (κ2) is 6.28. The number of rotatable bonds is 6. The Labute approximate surface area is 121 Å². The molecular weight excluding hydrogens is 256 g/mol. The van der Waals surface area contributed by atoms with Crippen molar-refractivity contribution in [3.05, 3.63) is 0 Å². The van der Waals surface area contributed by atoms with Crippen LogP contribution in [0.2, 0.25) is 0 Å². The van der Waals surface area contributed by atoms with Crippen molar-refractivity contribution in [2.45, 2.75) is 44.4 Å². The van der Waals surface area contributed by atoms with E-state index in [1.807, 2.05) is 0 Å². The summed E-state index contributed by atoms with van der Waals surface area (Å²) in [5, 5.41) is 13.0. The Morgan fingerprint density at radius 1 is 1.40 bits per heavy atom. The molecule has 3 atom stereocenters. The molecule has 0 amide bonds. The first kappa shape index (κ1) is 14.7. The zero-order chi connectivity index (χ0) is 14.0. The minimum absolute atomic E-state index is 0.0260. The highest BCUT2D eigenvalue weighted by Gasteiger charge is 2.40. The molecule has 1 aliphatic carbocycles. The van der Waals surface area contributed by atoms with Crippen LogP contribution in [0.25, 0.3) is 0 Å². The third kappa shape index (κ3) is 3.52. The second-order valence-corrected chi connectivity index (χ2v) is 6.87. The van der Waals surface area contributed by atoms with E-state index in [0.717, 1.165) is 51.9 Å². The monoisotopic (exact) mass is 284 g/mol. The van der Waals surface area contributed by atoms with Gasteiger partial charge in [-0.25, -0.2) is 0 Å². The summed E-state index contributed by atoms with van der Waals surface area (Å²) in [7, 11) is 0. The number of morpholine rings is 1. The number of ether oxygens (including phenoxy) is 2. The van der Waals surface area contributed by atoms with Gasteiger partial charge in [0.15, 0.2) is 0 Å². The lowest BCUT2D eigenvalue weighted by Crippen LogP contribution is -2.55. The Bertz CT molecular complexity index is 316. The summed E-state index contributed by atoms with van der Waals surface area (Å²) >= 11 is 0. The second-order valence-electron chi connectivity index (χ2n) is 6.87. The van der Waals surface area contributed by atoms with Crippen molar-refractivity contribution in [3.8, 4) is 0 Å². The van der Waals surface area contributed by atoms with Gasteiger partial charge in [0.1, 0.15) is 0 Å². The molecule has 5 nitrogen and oxygen atoms in total. The summed E-state index contributed by atoms with van der Waals surface area (Å²) in [6.45, 7) is 7.74. The van der Waals surface area contributed by atoms with Crippen LogP contribution >= 0.6 is 0 Å². The van der Waals surface area contributed by atoms with Gasteiger partial charge in [-0.05, 0) is 26.2 Å². The lowest BCUT2D eigenvalue weighted by molar-refractivity contribution is -0.0883. The number of nitrogens with one attached hydrogen (secondary N) is 1. The van der Waals surface area contributed by atoms with Gasteiger partial charge >= 0.3 is 0 Å². The van der Waals surface area contributed by atoms with Crippen LogP contribution in [-0.2, 0) is 9.47 Å². The molecule has 2 saturated heterocycles. The molecule has 0 aromatic carbocycles. The van der Waals surface area contributed by atoms with Gasteiger partial charge < -0.3 is 19.9 Å². The fourth-order valence-corrected chi connectivity index (χ4v) is 3.25. The molecule has 20 heavy (non-hydrogen) atoms. The summed E-state index contributed by atoms with van der Waals surface area (Å²) in [4.78, 5) is 2.48. The van der Waals surface area contributed by atoms with Crippen LogP contribution in [0.4, 0.5) is 0 Å². The van der Waals surface area contributed by atoms with Crippen LogP contribution in [0.1, 0.15) is 26.2 Å². The average Bonchev–Trinajstić information content (AvgIpc) is 3.19. The predicted octanol–water partition coefficient (Wildman–Crippen LogP) is 0.227. The third-order valence-electron chi connectivity index (χ3n) is 4.90. The molecule has 2 heterocycles. The largest absolute Gasteiger partial charge is 0.394 e. The molecule has 0 spiro atoms. The van der Waals surface area contributed by atoms with Crippen molar-refractivity contribution in [2.24, 2.45) is 5.41 Å². The van der Waals surface area contributed by atoms with Gasteiger partial charge in [0, 0.05) is 43.7 Å². The van der Waals surface area contributed by atoms with Gasteiger partial charge in [-0.15, -0.1) is 0 Å². The molecule has 0 aromatic rings. The number of aliphatic hydroxyl groups is 1. The molecule has 0 radical (unpaired) electrons. The van der Waals surface area contributed by atoms with Crippen molar-refractivity contribution in [1.82, 2.24) is 10.2 Å². The topological polar surface area (TPSA) is 54.0 Å². The van der Waals surface area contributed by atoms with Crippen LogP contribution < -0.4 is 5.32 Å². The summed E-state index contributed by atoms with van der Waals surface area (Å²) in [6.07, 6.45) is 3.78. The van der Waals surface area contributed by atoms with E-state index in [1.54, 1.807) is 0 Å². The Morgan fingerprint density at radius 2 is 2.25 bits per heavy atom. The van der Waals surface area contributed by atoms with E-state index in [0.29, 0.717) is 6.04 Å². The summed E-state index contributed by atoms with van der Waals surface area (Å²) in [6, 6.07) is 1.18. The molecule has 1 saturated carbocycles. The SMILES string of the molecule is CC1COC(CO)CN1CC1(CNC2CC2)CCOC1. The van der Waals surface area contributed by atoms with Crippen LogP contribution in [0.5, 0.6) is 0 Å². The van der Waals surface area contributed by atoms with Crippen molar-refractivity contribution in [2.75, 3.05) is 46.1 Å². The molecule has 3 fully saturated rings. The first-order valence-electron chi connectivity index (χ1n) is 7.98. The Morgan fingerprint density at radius 3 is 2.90 bits per heavy atom. The average molecular weight is 284 g/mol. The summed E-state index contributed by atoms with van der Waals surface area (Å²) < 4.78 is 11.3. The first-order valence-corrected chi connectivity index (χ1v) is 7.98. The first-order chi connectivity index (χ1) is 9.71. The Hall–Kier alpha value is -0.200. The zero-order valence-electron chi connectivity index (χ0n) is 12.5. The van der Waals surface area contributed by atoms with Crippen LogP contribution in [0.15, 0.2) is 0 Å². The number of hydrogen-bond donors (Lipinski definition) is 2. The summed E-state index contributed by atoms with van der Waals surface area (Å²) in [5.74, 6) is 0. The van der Waals surface area contributed by atoms with Gasteiger partial charge in [0.05, 0.1) is 25.9 Å². The summed E-state index contributed by atoms with van der Waals surface area (Å²) in [5.41, 5.74) is 0.244. The lowest BCUT2D eigenvalue weighted by Gasteiger charge is -2.42. The van der Waals surface area contributed by atoms with E-state index in [1.165, 1.54) is 12.8 Å². The molecule has 2 aliphatic heterocycles. The van der Waals surface area contributed by atoms with Gasteiger partial charge in [-0.3, -0.25) is 4.90 Å². The standard InChI is InChI=1S/C15H28N2O3/c1-12-8-20-14(7-18)6-17(12)10-15(4-5-19-11-15)9-16-13-2-3-13/h12-14,16,18H,2-11H2,1H3. The molecule has 0 aromatic heterocycles. The number of hydrogen-bond acceptors (Lipinski definition) is 5. The van der Waals surface area contributed by atoms with Crippen molar-refractivity contribution in [3.63, 3.8) is 0 Å². The number of aliphatic hydroxyl groups excluding tert-OH is 1. The van der Waals surface area contributed by atoms with Crippen LogP contribution in [0.3, 0.4) is 0 Å². The van der Waals surface area contributed by atoms with E-state index >= 15 is 0 Å². The van der Waals surface area contributed by atoms with Gasteiger partial charge in [0.2, 0.25) is 0 Å². The highest BCUT2D eigenvalue weighted by atomic mass is 16.5. The van der Waals surface area contributed by atoms with E-state index in [2.05, 4.69) is 17.1 Å². The molecule has 5 heteroatoms. The third-order valence-corrected chi connectivity index (χ3v) is 4.90. The van der Waals surface area contributed by atoms with E-state index in [-0.39, 0.29) is 18.1 Å². The van der Waals surface area contributed by atoms with E-state index in [4.69, 9.17) is 9.47 Å². The Kier molecular flexibility index (Phi) is 4.62. The van der Waals surface area contributed by atoms with Crippen molar-refractivity contribution in [1.29, 1.82) is 0 Å². The molecule has 2 N–H and O–H groups in total. The lowest BCUT2D eigenvalue weighted by atomic mass is 9.85. The van der Waals surface area contributed by atoms with Crippen LogP contribution in [-0.4, -0.2) is 74.3 Å². The van der Waals surface area contributed by atoms with Gasteiger partial charge in [0.25, 0.3) is 0 Å². The molecule has 0 bridgehead atoms.